The van der Waals surface area contributed by atoms with Crippen LogP contribution in [0.1, 0.15) is 21.6 Å². The Morgan fingerprint density at radius 3 is 2.56 bits per heavy atom. The molecule has 0 saturated heterocycles. The molecule has 25 heavy (non-hydrogen) atoms. The highest BCUT2D eigenvalue weighted by Gasteiger charge is 2.13. The average molecular weight is 354 g/mol. The number of hydrazone groups is 1. The van der Waals surface area contributed by atoms with E-state index in [4.69, 9.17) is 17.3 Å². The molecule has 126 valence electrons. The van der Waals surface area contributed by atoms with Gasteiger partial charge in [0.25, 0.3) is 5.91 Å². The van der Waals surface area contributed by atoms with Crippen molar-refractivity contribution in [2.24, 2.45) is 5.10 Å². The number of carbonyl (C=O) groups excluding carboxylic acids is 1. The third kappa shape index (κ3) is 3.70. The number of halogens is 1. The van der Waals surface area contributed by atoms with Gasteiger partial charge in [-0.3, -0.25) is 4.79 Å². The smallest absolute Gasteiger partial charge is 0.271 e. The highest BCUT2D eigenvalue weighted by Crippen LogP contribution is 2.21. The minimum absolute atomic E-state index is 0.333. The van der Waals surface area contributed by atoms with E-state index >= 15 is 0 Å². The average Bonchev–Trinajstić information content (AvgIpc) is 2.91. The largest absolute Gasteiger partial charge is 0.399 e. The molecule has 6 nitrogen and oxygen atoms in total. The molecule has 1 aromatic heterocycles. The van der Waals surface area contributed by atoms with Crippen LogP contribution in [-0.4, -0.2) is 21.9 Å². The lowest BCUT2D eigenvalue weighted by atomic mass is 10.2. The molecule has 0 saturated carbocycles. The number of hydrogen-bond donors (Lipinski definition) is 2. The normalized spacial score (nSPS) is 11.0. The first-order valence-corrected chi connectivity index (χ1v) is 7.93. The molecule has 3 rings (SSSR count). The van der Waals surface area contributed by atoms with Gasteiger partial charge in [-0.05, 0) is 43.3 Å². The SMILES string of the molecule is Cc1nn(-c2ccccc2)c(Cl)c1/C=N/NC(=O)c1ccc(N)cc1. The van der Waals surface area contributed by atoms with Gasteiger partial charge in [-0.2, -0.15) is 10.2 Å². The number of rotatable bonds is 4. The molecule has 2 aromatic carbocycles. The quantitative estimate of drug-likeness (QED) is 0.429. The number of nitrogens with one attached hydrogen (secondary N) is 1. The Bertz CT molecular complexity index is 917. The molecule has 0 radical (unpaired) electrons. The Morgan fingerprint density at radius 2 is 1.88 bits per heavy atom. The predicted octanol–water partition coefficient (Wildman–Crippen LogP) is 3.18. The van der Waals surface area contributed by atoms with E-state index in [1.807, 2.05) is 37.3 Å². The van der Waals surface area contributed by atoms with Crippen molar-refractivity contribution in [3.8, 4) is 5.69 Å². The van der Waals surface area contributed by atoms with Gasteiger partial charge in [-0.1, -0.05) is 29.8 Å². The van der Waals surface area contributed by atoms with Crippen molar-refractivity contribution in [1.82, 2.24) is 15.2 Å². The maximum atomic E-state index is 12.0. The van der Waals surface area contributed by atoms with E-state index in [1.54, 1.807) is 28.9 Å². The molecular weight excluding hydrogens is 338 g/mol. The number of nitrogen functional groups attached to an aromatic ring is 1. The maximum Gasteiger partial charge on any atom is 0.271 e. The molecule has 0 atom stereocenters. The lowest BCUT2D eigenvalue weighted by Gasteiger charge is -2.02. The van der Waals surface area contributed by atoms with Crippen molar-refractivity contribution in [3.63, 3.8) is 0 Å². The molecule has 0 aliphatic heterocycles. The number of para-hydroxylation sites is 1. The number of amides is 1. The van der Waals surface area contributed by atoms with Crippen LogP contribution >= 0.6 is 11.6 Å². The summed E-state index contributed by atoms with van der Waals surface area (Å²) in [5.74, 6) is -0.333. The molecule has 0 fully saturated rings. The Labute approximate surface area is 149 Å². The number of nitrogens with two attached hydrogens (primary N) is 1. The minimum Gasteiger partial charge on any atom is -0.399 e. The second kappa shape index (κ2) is 7.19. The van der Waals surface area contributed by atoms with Crippen molar-refractivity contribution >= 4 is 29.4 Å². The zero-order chi connectivity index (χ0) is 17.8. The summed E-state index contributed by atoms with van der Waals surface area (Å²) in [4.78, 5) is 12.0. The van der Waals surface area contributed by atoms with Gasteiger partial charge < -0.3 is 5.73 Å². The Hall–Kier alpha value is -3.12. The number of hydrogen-bond acceptors (Lipinski definition) is 4. The third-order valence-corrected chi connectivity index (χ3v) is 3.95. The van der Waals surface area contributed by atoms with Crippen LogP contribution < -0.4 is 11.2 Å². The van der Waals surface area contributed by atoms with Crippen molar-refractivity contribution in [2.45, 2.75) is 6.92 Å². The summed E-state index contributed by atoms with van der Waals surface area (Å²) in [6.07, 6.45) is 1.49. The Balaban J connectivity index is 1.77. The molecule has 0 spiro atoms. The molecular formula is C18H16ClN5O. The standard InChI is InChI=1S/C18H16ClN5O/c1-12-16(17(19)24(23-12)15-5-3-2-4-6-15)11-21-22-18(25)13-7-9-14(20)10-8-13/h2-11H,20H2,1H3,(H,22,25)/b21-11+. The van der Waals surface area contributed by atoms with Crippen LogP contribution in [0.25, 0.3) is 5.69 Å². The van der Waals surface area contributed by atoms with Crippen molar-refractivity contribution < 1.29 is 4.79 Å². The van der Waals surface area contributed by atoms with Gasteiger partial charge in [0, 0.05) is 11.3 Å². The number of benzene rings is 2. The van der Waals surface area contributed by atoms with Crippen LogP contribution in [0.15, 0.2) is 59.7 Å². The van der Waals surface area contributed by atoms with E-state index in [0.717, 1.165) is 5.69 Å². The monoisotopic (exact) mass is 353 g/mol. The number of aryl methyl sites for hydroxylation is 1. The van der Waals surface area contributed by atoms with Crippen molar-refractivity contribution in [1.29, 1.82) is 0 Å². The van der Waals surface area contributed by atoms with Crippen molar-refractivity contribution in [2.75, 3.05) is 5.73 Å². The fourth-order valence-electron chi connectivity index (χ4n) is 2.25. The molecule has 3 N–H and O–H groups in total. The van der Waals surface area contributed by atoms with E-state index in [1.165, 1.54) is 6.21 Å². The van der Waals surface area contributed by atoms with E-state index in [0.29, 0.717) is 27.7 Å². The zero-order valence-electron chi connectivity index (χ0n) is 13.5. The van der Waals surface area contributed by atoms with Crippen LogP contribution in [-0.2, 0) is 0 Å². The van der Waals surface area contributed by atoms with E-state index < -0.39 is 0 Å². The topological polar surface area (TPSA) is 85.3 Å². The minimum atomic E-state index is -0.333. The van der Waals surface area contributed by atoms with Crippen LogP contribution in [0.5, 0.6) is 0 Å². The number of aromatic nitrogens is 2. The fourth-order valence-corrected chi connectivity index (χ4v) is 2.57. The second-order valence-electron chi connectivity index (χ2n) is 5.36. The summed E-state index contributed by atoms with van der Waals surface area (Å²) in [6.45, 7) is 1.83. The molecule has 7 heteroatoms. The molecule has 3 aromatic rings. The maximum absolute atomic E-state index is 12.0. The second-order valence-corrected chi connectivity index (χ2v) is 5.72. The molecule has 1 heterocycles. The highest BCUT2D eigenvalue weighted by molar-refractivity contribution is 6.32. The molecule has 0 aliphatic carbocycles. The lowest BCUT2D eigenvalue weighted by molar-refractivity contribution is 0.0955. The summed E-state index contributed by atoms with van der Waals surface area (Å²) in [5, 5.41) is 8.81. The van der Waals surface area contributed by atoms with Gasteiger partial charge in [0.1, 0.15) is 5.15 Å². The summed E-state index contributed by atoms with van der Waals surface area (Å²) in [6, 6.07) is 16.1. The van der Waals surface area contributed by atoms with Gasteiger partial charge in [0.2, 0.25) is 0 Å². The molecule has 0 bridgehead atoms. The van der Waals surface area contributed by atoms with E-state index in [9.17, 15) is 4.79 Å². The van der Waals surface area contributed by atoms with Gasteiger partial charge in [0.05, 0.1) is 23.2 Å². The Morgan fingerprint density at radius 1 is 1.20 bits per heavy atom. The number of nitrogens with zero attached hydrogens (tertiary/aromatic N) is 3. The third-order valence-electron chi connectivity index (χ3n) is 3.58. The fraction of sp³-hybridized carbons (Fsp3) is 0.0556. The first-order chi connectivity index (χ1) is 12.1. The van der Waals surface area contributed by atoms with Crippen LogP contribution in [0.3, 0.4) is 0 Å². The summed E-state index contributed by atoms with van der Waals surface area (Å²) >= 11 is 6.40. The number of carbonyl (C=O) groups is 1. The van der Waals surface area contributed by atoms with Gasteiger partial charge in [-0.25, -0.2) is 10.1 Å². The Kier molecular flexibility index (Phi) is 4.81. The predicted molar refractivity (Wildman–Crippen MR) is 99.2 cm³/mol. The molecule has 0 aliphatic rings. The van der Waals surface area contributed by atoms with Crippen LogP contribution in [0, 0.1) is 6.92 Å². The summed E-state index contributed by atoms with van der Waals surface area (Å²) in [5.41, 5.74) is 11.3. The lowest BCUT2D eigenvalue weighted by Crippen LogP contribution is -2.17. The first-order valence-electron chi connectivity index (χ1n) is 7.56. The van der Waals surface area contributed by atoms with Crippen LogP contribution in [0.4, 0.5) is 5.69 Å². The van der Waals surface area contributed by atoms with Crippen molar-refractivity contribution in [3.05, 3.63) is 76.6 Å². The van der Waals surface area contributed by atoms with Gasteiger partial charge in [0.15, 0.2) is 0 Å². The number of anilines is 1. The van der Waals surface area contributed by atoms with Gasteiger partial charge >= 0.3 is 0 Å². The zero-order valence-corrected chi connectivity index (χ0v) is 14.2. The molecule has 0 unspecified atom stereocenters. The van der Waals surface area contributed by atoms with Crippen LogP contribution in [0.2, 0.25) is 5.15 Å². The van der Waals surface area contributed by atoms with E-state index in [-0.39, 0.29) is 5.91 Å². The van der Waals surface area contributed by atoms with Gasteiger partial charge in [-0.15, -0.1) is 0 Å². The summed E-state index contributed by atoms with van der Waals surface area (Å²) < 4.78 is 1.63. The summed E-state index contributed by atoms with van der Waals surface area (Å²) in [7, 11) is 0. The highest BCUT2D eigenvalue weighted by atomic mass is 35.5. The molecule has 1 amide bonds. The van der Waals surface area contributed by atoms with E-state index in [2.05, 4.69) is 15.6 Å². The first kappa shape index (κ1) is 16.7.